The summed E-state index contributed by atoms with van der Waals surface area (Å²) in [6.07, 6.45) is 3.31. The van der Waals surface area contributed by atoms with Crippen LogP contribution in [0, 0.1) is 6.92 Å². The molecule has 0 fully saturated rings. The summed E-state index contributed by atoms with van der Waals surface area (Å²) in [5, 5.41) is 11.2. The lowest BCUT2D eigenvalue weighted by atomic mass is 10.2. The molecule has 0 aliphatic carbocycles. The number of nitrogens with one attached hydrogen (secondary N) is 1. The van der Waals surface area contributed by atoms with Gasteiger partial charge in [-0.3, -0.25) is 4.79 Å². The molecule has 0 aliphatic rings. The fraction of sp³-hybridized carbons (Fsp3) is 0.750. The average Bonchev–Trinajstić information content (AvgIpc) is 1.97. The third-order valence-electron chi connectivity index (χ3n) is 1.47. The topological polar surface area (TPSA) is 49.3 Å². The molecule has 1 unspecified atom stereocenters. The van der Waals surface area contributed by atoms with Crippen molar-refractivity contribution < 1.29 is 9.90 Å². The van der Waals surface area contributed by atoms with Gasteiger partial charge in [-0.1, -0.05) is 19.8 Å². The summed E-state index contributed by atoms with van der Waals surface area (Å²) >= 11 is 0. The third-order valence-corrected chi connectivity index (χ3v) is 1.47. The van der Waals surface area contributed by atoms with Crippen LogP contribution in [0.15, 0.2) is 0 Å². The van der Waals surface area contributed by atoms with Crippen LogP contribution in [0.1, 0.15) is 26.2 Å². The van der Waals surface area contributed by atoms with E-state index in [-0.39, 0.29) is 0 Å². The lowest BCUT2D eigenvalue weighted by Gasteiger charge is -2.07. The highest BCUT2D eigenvalue weighted by atomic mass is 16.4. The minimum Gasteiger partial charge on any atom is -0.480 e. The van der Waals surface area contributed by atoms with Gasteiger partial charge in [0, 0.05) is 0 Å². The molecular formula is C8H16NO2. The molecule has 0 bridgehead atoms. The fourth-order valence-electron chi connectivity index (χ4n) is 0.739. The molecule has 0 spiro atoms. The molecule has 0 amide bonds. The first-order valence-electron chi connectivity index (χ1n) is 3.97. The smallest absolute Gasteiger partial charge is 0.320 e. The summed E-state index contributed by atoms with van der Waals surface area (Å²) in [4.78, 5) is 10.2. The second kappa shape index (κ2) is 6.16. The average molecular weight is 158 g/mol. The normalized spacial score (nSPS) is 12.9. The molecule has 2 N–H and O–H groups in total. The van der Waals surface area contributed by atoms with Crippen LogP contribution in [0.3, 0.4) is 0 Å². The monoisotopic (exact) mass is 158 g/mol. The molecule has 11 heavy (non-hydrogen) atoms. The Kier molecular flexibility index (Phi) is 5.84. The van der Waals surface area contributed by atoms with Gasteiger partial charge in [-0.25, -0.2) is 0 Å². The summed E-state index contributed by atoms with van der Waals surface area (Å²) in [5.74, 6) is -0.888. The van der Waals surface area contributed by atoms with Crippen LogP contribution >= 0.6 is 0 Å². The number of rotatable bonds is 6. The van der Waals surface area contributed by atoms with E-state index in [4.69, 9.17) is 5.11 Å². The van der Waals surface area contributed by atoms with Crippen molar-refractivity contribution in [3.63, 3.8) is 0 Å². The van der Waals surface area contributed by atoms with Gasteiger partial charge in [0.25, 0.3) is 0 Å². The van der Waals surface area contributed by atoms with Gasteiger partial charge < -0.3 is 10.4 Å². The van der Waals surface area contributed by atoms with Crippen LogP contribution in [0.4, 0.5) is 0 Å². The fourth-order valence-corrected chi connectivity index (χ4v) is 0.739. The van der Waals surface area contributed by atoms with E-state index >= 15 is 0 Å². The van der Waals surface area contributed by atoms with Gasteiger partial charge in [0.1, 0.15) is 6.04 Å². The van der Waals surface area contributed by atoms with E-state index in [1.807, 2.05) is 0 Å². The minimum absolute atomic E-state index is 0.660. The van der Waals surface area contributed by atoms with E-state index in [9.17, 15) is 4.79 Å². The predicted molar refractivity (Wildman–Crippen MR) is 44.3 cm³/mol. The SMILES string of the molecule is [CH2]C(NCCCCC)C(=O)O. The van der Waals surface area contributed by atoms with Crippen molar-refractivity contribution >= 4 is 5.97 Å². The molecule has 0 aromatic rings. The second-order valence-electron chi connectivity index (χ2n) is 2.55. The first-order chi connectivity index (χ1) is 5.18. The van der Waals surface area contributed by atoms with Crippen molar-refractivity contribution in [2.24, 2.45) is 0 Å². The molecule has 0 aliphatic heterocycles. The van der Waals surface area contributed by atoms with Crippen LogP contribution in [0.5, 0.6) is 0 Å². The van der Waals surface area contributed by atoms with Crippen molar-refractivity contribution in [1.82, 2.24) is 5.32 Å². The molecule has 1 atom stereocenters. The summed E-state index contributed by atoms with van der Waals surface area (Å²) in [6.45, 7) is 6.28. The first kappa shape index (κ1) is 10.4. The molecule has 0 saturated carbocycles. The largest absolute Gasteiger partial charge is 0.480 e. The Labute approximate surface area is 67.8 Å². The number of hydrogen-bond donors (Lipinski definition) is 2. The van der Waals surface area contributed by atoms with Gasteiger partial charge >= 0.3 is 5.97 Å². The highest BCUT2D eigenvalue weighted by Crippen LogP contribution is 1.91. The van der Waals surface area contributed by atoms with Crippen LogP contribution < -0.4 is 5.32 Å². The molecule has 0 aromatic heterocycles. The van der Waals surface area contributed by atoms with Crippen LogP contribution in [-0.4, -0.2) is 23.7 Å². The van der Waals surface area contributed by atoms with E-state index in [0.717, 1.165) is 25.8 Å². The van der Waals surface area contributed by atoms with Crippen molar-refractivity contribution in [3.05, 3.63) is 6.92 Å². The summed E-state index contributed by atoms with van der Waals surface area (Å²) in [5.41, 5.74) is 0. The number of aliphatic carboxylic acids is 1. The molecule has 3 nitrogen and oxygen atoms in total. The Balaban J connectivity index is 3.17. The van der Waals surface area contributed by atoms with Crippen molar-refractivity contribution in [2.45, 2.75) is 32.2 Å². The molecule has 65 valence electrons. The third kappa shape index (κ3) is 5.85. The second-order valence-corrected chi connectivity index (χ2v) is 2.55. The summed E-state index contributed by atoms with van der Waals surface area (Å²) in [6, 6.07) is -0.660. The molecule has 1 radical (unpaired) electrons. The van der Waals surface area contributed by atoms with Gasteiger partial charge in [0.15, 0.2) is 0 Å². The zero-order valence-corrected chi connectivity index (χ0v) is 6.97. The maximum atomic E-state index is 10.2. The van der Waals surface area contributed by atoms with Crippen LogP contribution in [-0.2, 0) is 4.79 Å². The maximum Gasteiger partial charge on any atom is 0.320 e. The molecule has 0 rings (SSSR count). The lowest BCUT2D eigenvalue weighted by Crippen LogP contribution is -2.34. The Morgan fingerprint density at radius 2 is 2.27 bits per heavy atom. The number of unbranched alkanes of at least 4 members (excludes halogenated alkanes) is 2. The lowest BCUT2D eigenvalue weighted by molar-refractivity contribution is -0.138. The van der Waals surface area contributed by atoms with Crippen molar-refractivity contribution in [2.75, 3.05) is 6.54 Å². The van der Waals surface area contributed by atoms with E-state index in [2.05, 4.69) is 19.2 Å². The molecule has 0 heterocycles. The van der Waals surface area contributed by atoms with Gasteiger partial charge in [-0.05, 0) is 19.9 Å². The number of carboxylic acid groups (broad SMARTS) is 1. The quantitative estimate of drug-likeness (QED) is 0.568. The van der Waals surface area contributed by atoms with E-state index < -0.39 is 12.0 Å². The maximum absolute atomic E-state index is 10.2. The highest BCUT2D eigenvalue weighted by molar-refractivity contribution is 5.74. The molecule has 0 aromatic carbocycles. The Bertz CT molecular complexity index is 115. The molecule has 3 heteroatoms. The van der Waals surface area contributed by atoms with Gasteiger partial charge in [0.05, 0.1) is 0 Å². The predicted octanol–water partition coefficient (Wildman–Crippen LogP) is 1.05. The van der Waals surface area contributed by atoms with Crippen molar-refractivity contribution in [3.8, 4) is 0 Å². The van der Waals surface area contributed by atoms with Crippen molar-refractivity contribution in [1.29, 1.82) is 0 Å². The van der Waals surface area contributed by atoms with Crippen LogP contribution in [0.25, 0.3) is 0 Å². The molecule has 0 saturated heterocycles. The molecular weight excluding hydrogens is 142 g/mol. The number of carboxylic acids is 1. The summed E-state index contributed by atoms with van der Waals surface area (Å²) in [7, 11) is 0. The standard InChI is InChI=1S/C8H16NO2/c1-3-4-5-6-9-7(2)8(10)11/h7,9H,2-6H2,1H3,(H,10,11). The minimum atomic E-state index is -0.888. The zero-order chi connectivity index (χ0) is 8.69. The highest BCUT2D eigenvalue weighted by Gasteiger charge is 2.07. The van der Waals surface area contributed by atoms with E-state index in [0.29, 0.717) is 0 Å². The van der Waals surface area contributed by atoms with Gasteiger partial charge in [0.2, 0.25) is 0 Å². The van der Waals surface area contributed by atoms with Gasteiger partial charge in [-0.15, -0.1) is 0 Å². The zero-order valence-electron chi connectivity index (χ0n) is 6.97. The Morgan fingerprint density at radius 3 is 2.73 bits per heavy atom. The van der Waals surface area contributed by atoms with Gasteiger partial charge in [-0.2, -0.15) is 0 Å². The number of hydrogen-bond acceptors (Lipinski definition) is 2. The Hall–Kier alpha value is -0.570. The first-order valence-corrected chi connectivity index (χ1v) is 3.97. The van der Waals surface area contributed by atoms with E-state index in [1.165, 1.54) is 0 Å². The Morgan fingerprint density at radius 1 is 1.64 bits per heavy atom. The van der Waals surface area contributed by atoms with E-state index in [1.54, 1.807) is 0 Å². The summed E-state index contributed by atoms with van der Waals surface area (Å²) < 4.78 is 0. The number of carbonyl (C=O) groups is 1. The van der Waals surface area contributed by atoms with Crippen LogP contribution in [0.2, 0.25) is 0 Å².